The lowest BCUT2D eigenvalue weighted by molar-refractivity contribution is -0.124. The second-order valence-corrected chi connectivity index (χ2v) is 5.98. The van der Waals surface area contributed by atoms with E-state index in [-0.39, 0.29) is 17.2 Å². The first-order chi connectivity index (χ1) is 8.88. The van der Waals surface area contributed by atoms with Crippen molar-refractivity contribution in [2.24, 2.45) is 11.7 Å². The summed E-state index contributed by atoms with van der Waals surface area (Å²) in [6.45, 7) is 9.53. The Balaban J connectivity index is 2.73. The summed E-state index contributed by atoms with van der Waals surface area (Å²) < 4.78 is 0. The molecule has 1 amide bonds. The van der Waals surface area contributed by atoms with E-state index in [0.717, 1.165) is 5.56 Å². The lowest BCUT2D eigenvalue weighted by Gasteiger charge is -2.20. The molecule has 0 heterocycles. The van der Waals surface area contributed by atoms with E-state index < -0.39 is 0 Å². The minimum Gasteiger partial charge on any atom is -0.356 e. The van der Waals surface area contributed by atoms with Gasteiger partial charge in [0.25, 0.3) is 0 Å². The van der Waals surface area contributed by atoms with Crippen LogP contribution in [-0.2, 0) is 16.6 Å². The van der Waals surface area contributed by atoms with E-state index in [1.54, 1.807) is 0 Å². The maximum absolute atomic E-state index is 11.8. The van der Waals surface area contributed by atoms with Crippen molar-refractivity contribution in [1.82, 2.24) is 5.32 Å². The number of benzene rings is 1. The quantitative estimate of drug-likeness (QED) is 0.855. The van der Waals surface area contributed by atoms with Gasteiger partial charge in [-0.2, -0.15) is 0 Å². The van der Waals surface area contributed by atoms with Gasteiger partial charge >= 0.3 is 0 Å². The Morgan fingerprint density at radius 3 is 2.26 bits per heavy atom. The van der Waals surface area contributed by atoms with Crippen molar-refractivity contribution in [2.45, 2.75) is 39.5 Å². The number of hydrogen-bond donors (Lipinski definition) is 2. The van der Waals surface area contributed by atoms with Crippen LogP contribution in [0.4, 0.5) is 0 Å². The van der Waals surface area contributed by atoms with E-state index in [1.165, 1.54) is 5.56 Å². The first kappa shape index (κ1) is 15.7. The van der Waals surface area contributed by atoms with Gasteiger partial charge in [-0.25, -0.2) is 0 Å². The molecule has 0 saturated carbocycles. The predicted molar refractivity (Wildman–Crippen MR) is 80.1 cm³/mol. The van der Waals surface area contributed by atoms with E-state index in [1.807, 2.05) is 6.92 Å². The van der Waals surface area contributed by atoms with Gasteiger partial charge in [0.1, 0.15) is 0 Å². The first-order valence-electron chi connectivity index (χ1n) is 6.95. The third-order valence-corrected chi connectivity index (χ3v) is 3.31. The van der Waals surface area contributed by atoms with Crippen LogP contribution in [0.15, 0.2) is 24.3 Å². The fourth-order valence-electron chi connectivity index (χ4n) is 2.03. The standard InChI is InChI=1S/C16H26N2O/c1-5-18-15(19)13(11-17)10-12-6-8-14(9-7-12)16(2,3)4/h6-9,13H,5,10-11,17H2,1-4H3,(H,18,19). The summed E-state index contributed by atoms with van der Waals surface area (Å²) in [7, 11) is 0. The van der Waals surface area contributed by atoms with Crippen LogP contribution in [0.3, 0.4) is 0 Å². The number of amides is 1. The molecule has 0 bridgehead atoms. The molecular formula is C16H26N2O. The summed E-state index contributed by atoms with van der Waals surface area (Å²) in [4.78, 5) is 11.8. The van der Waals surface area contributed by atoms with E-state index in [9.17, 15) is 4.79 Å². The normalized spacial score (nSPS) is 13.1. The Hall–Kier alpha value is -1.35. The summed E-state index contributed by atoms with van der Waals surface area (Å²) in [5.74, 6) is -0.0923. The molecule has 0 aliphatic carbocycles. The molecule has 1 unspecified atom stereocenters. The second-order valence-electron chi connectivity index (χ2n) is 5.98. The lowest BCUT2D eigenvalue weighted by atomic mass is 9.86. The highest BCUT2D eigenvalue weighted by Crippen LogP contribution is 2.22. The van der Waals surface area contributed by atoms with Crippen LogP contribution in [0.5, 0.6) is 0 Å². The van der Waals surface area contributed by atoms with Crippen LogP contribution in [-0.4, -0.2) is 19.0 Å². The van der Waals surface area contributed by atoms with Gasteiger partial charge in [-0.3, -0.25) is 4.79 Å². The van der Waals surface area contributed by atoms with Gasteiger partial charge in [0, 0.05) is 13.1 Å². The predicted octanol–water partition coefficient (Wildman–Crippen LogP) is 2.24. The van der Waals surface area contributed by atoms with Crippen LogP contribution in [0, 0.1) is 5.92 Å². The summed E-state index contributed by atoms with van der Waals surface area (Å²) in [6.07, 6.45) is 0.701. The highest BCUT2D eigenvalue weighted by atomic mass is 16.1. The minimum absolute atomic E-state index is 0.0462. The zero-order valence-corrected chi connectivity index (χ0v) is 12.5. The van der Waals surface area contributed by atoms with Crippen LogP contribution < -0.4 is 11.1 Å². The molecule has 0 radical (unpaired) electrons. The number of nitrogens with one attached hydrogen (secondary N) is 1. The van der Waals surface area contributed by atoms with Crippen molar-refractivity contribution in [2.75, 3.05) is 13.1 Å². The lowest BCUT2D eigenvalue weighted by Crippen LogP contribution is -2.36. The fraction of sp³-hybridized carbons (Fsp3) is 0.562. The van der Waals surface area contributed by atoms with Crippen LogP contribution in [0.25, 0.3) is 0 Å². The smallest absolute Gasteiger partial charge is 0.224 e. The van der Waals surface area contributed by atoms with Crippen molar-refractivity contribution in [3.05, 3.63) is 35.4 Å². The molecule has 3 nitrogen and oxygen atoms in total. The zero-order chi connectivity index (χ0) is 14.5. The van der Waals surface area contributed by atoms with Crippen molar-refractivity contribution < 1.29 is 4.79 Å². The van der Waals surface area contributed by atoms with Gasteiger partial charge in [0.05, 0.1) is 5.92 Å². The van der Waals surface area contributed by atoms with Crippen molar-refractivity contribution in [3.63, 3.8) is 0 Å². The molecule has 0 saturated heterocycles. The molecule has 106 valence electrons. The Morgan fingerprint density at radius 1 is 1.26 bits per heavy atom. The van der Waals surface area contributed by atoms with Gasteiger partial charge in [0.15, 0.2) is 0 Å². The molecule has 1 rings (SSSR count). The van der Waals surface area contributed by atoms with Crippen LogP contribution in [0.1, 0.15) is 38.8 Å². The number of rotatable bonds is 5. The number of carbonyl (C=O) groups is 1. The third kappa shape index (κ3) is 4.67. The zero-order valence-electron chi connectivity index (χ0n) is 12.5. The topological polar surface area (TPSA) is 55.1 Å². The largest absolute Gasteiger partial charge is 0.356 e. The number of hydrogen-bond acceptors (Lipinski definition) is 2. The Kier molecular flexibility index (Phi) is 5.55. The molecular weight excluding hydrogens is 236 g/mol. The molecule has 0 fully saturated rings. The summed E-state index contributed by atoms with van der Waals surface area (Å²) in [5, 5.41) is 2.83. The Bertz CT molecular complexity index is 404. The Labute approximate surface area is 116 Å². The van der Waals surface area contributed by atoms with Gasteiger partial charge in [-0.05, 0) is 29.9 Å². The SMILES string of the molecule is CCNC(=O)C(CN)Cc1ccc(C(C)(C)C)cc1. The van der Waals surface area contributed by atoms with E-state index >= 15 is 0 Å². The molecule has 3 heteroatoms. The van der Waals surface area contributed by atoms with Gasteiger partial charge in [0.2, 0.25) is 5.91 Å². The average Bonchev–Trinajstić information content (AvgIpc) is 2.35. The highest BCUT2D eigenvalue weighted by molar-refractivity contribution is 5.79. The van der Waals surface area contributed by atoms with E-state index in [0.29, 0.717) is 19.5 Å². The molecule has 19 heavy (non-hydrogen) atoms. The minimum atomic E-state index is -0.138. The van der Waals surface area contributed by atoms with Crippen molar-refractivity contribution >= 4 is 5.91 Å². The molecule has 1 aromatic rings. The van der Waals surface area contributed by atoms with E-state index in [4.69, 9.17) is 5.73 Å². The van der Waals surface area contributed by atoms with Crippen LogP contribution in [0.2, 0.25) is 0 Å². The summed E-state index contributed by atoms with van der Waals surface area (Å²) in [6, 6.07) is 8.48. The average molecular weight is 262 g/mol. The maximum atomic E-state index is 11.8. The van der Waals surface area contributed by atoms with Crippen molar-refractivity contribution in [3.8, 4) is 0 Å². The monoisotopic (exact) mass is 262 g/mol. The molecule has 0 spiro atoms. The summed E-state index contributed by atoms with van der Waals surface area (Å²) >= 11 is 0. The van der Waals surface area contributed by atoms with Crippen molar-refractivity contribution in [1.29, 1.82) is 0 Å². The third-order valence-electron chi connectivity index (χ3n) is 3.31. The van der Waals surface area contributed by atoms with E-state index in [2.05, 4.69) is 50.4 Å². The Morgan fingerprint density at radius 2 is 1.84 bits per heavy atom. The number of nitrogens with two attached hydrogens (primary N) is 1. The maximum Gasteiger partial charge on any atom is 0.224 e. The first-order valence-corrected chi connectivity index (χ1v) is 6.95. The molecule has 0 aromatic heterocycles. The van der Waals surface area contributed by atoms with Gasteiger partial charge in [-0.1, -0.05) is 45.0 Å². The molecule has 3 N–H and O–H groups in total. The second kappa shape index (κ2) is 6.71. The molecule has 1 aromatic carbocycles. The molecule has 1 atom stereocenters. The fourth-order valence-corrected chi connectivity index (χ4v) is 2.03. The highest BCUT2D eigenvalue weighted by Gasteiger charge is 2.17. The molecule has 0 aliphatic rings. The van der Waals surface area contributed by atoms with Crippen LogP contribution >= 0.6 is 0 Å². The van der Waals surface area contributed by atoms with Gasteiger partial charge < -0.3 is 11.1 Å². The molecule has 0 aliphatic heterocycles. The summed E-state index contributed by atoms with van der Waals surface area (Å²) in [5.41, 5.74) is 8.31. The number of carbonyl (C=O) groups excluding carboxylic acids is 1. The van der Waals surface area contributed by atoms with Gasteiger partial charge in [-0.15, -0.1) is 0 Å².